The zero-order valence-corrected chi connectivity index (χ0v) is 17.7. The minimum atomic E-state index is 0. The molecule has 6 heteroatoms. The third kappa shape index (κ3) is 5.71. The number of rotatable bonds is 5. The Morgan fingerprint density at radius 3 is 2.64 bits per heavy atom. The van der Waals surface area contributed by atoms with Gasteiger partial charge in [-0.3, -0.25) is 9.69 Å². The maximum absolute atomic E-state index is 12.7. The van der Waals surface area contributed by atoms with Crippen LogP contribution >= 0.6 is 24.8 Å². The summed E-state index contributed by atoms with van der Waals surface area (Å²) in [7, 11) is 0. The molecule has 1 unspecified atom stereocenters. The zero-order chi connectivity index (χ0) is 17.8. The van der Waals surface area contributed by atoms with Crippen molar-refractivity contribution in [1.29, 1.82) is 0 Å². The first-order chi connectivity index (χ1) is 12.8. The molecule has 0 spiro atoms. The molecule has 2 heterocycles. The van der Waals surface area contributed by atoms with Gasteiger partial charge in [0.05, 0.1) is 5.92 Å². The van der Waals surface area contributed by atoms with Crippen LogP contribution in [0.4, 0.5) is 0 Å². The number of piperidine rings is 1. The molecule has 28 heavy (non-hydrogen) atoms. The number of amides is 1. The summed E-state index contributed by atoms with van der Waals surface area (Å²) in [4.78, 5) is 15.1. The fourth-order valence-corrected chi connectivity index (χ4v) is 4.05. The van der Waals surface area contributed by atoms with E-state index in [0.29, 0.717) is 6.54 Å². The molecule has 2 aliphatic rings. The van der Waals surface area contributed by atoms with Crippen molar-refractivity contribution in [3.63, 3.8) is 0 Å². The van der Waals surface area contributed by atoms with Crippen LogP contribution in [0.2, 0.25) is 0 Å². The van der Waals surface area contributed by atoms with E-state index in [1.54, 1.807) is 0 Å². The van der Waals surface area contributed by atoms with Crippen LogP contribution in [0.25, 0.3) is 0 Å². The lowest BCUT2D eigenvalue weighted by molar-refractivity contribution is -0.126. The van der Waals surface area contributed by atoms with E-state index in [1.807, 2.05) is 6.07 Å². The molecule has 1 saturated heterocycles. The van der Waals surface area contributed by atoms with Gasteiger partial charge in [-0.1, -0.05) is 48.5 Å². The van der Waals surface area contributed by atoms with Crippen LogP contribution in [0.15, 0.2) is 48.5 Å². The van der Waals surface area contributed by atoms with Crippen molar-refractivity contribution in [1.82, 2.24) is 15.5 Å². The van der Waals surface area contributed by atoms with Crippen LogP contribution in [0, 0.1) is 5.92 Å². The van der Waals surface area contributed by atoms with Crippen LogP contribution in [0.5, 0.6) is 0 Å². The van der Waals surface area contributed by atoms with Gasteiger partial charge in [-0.15, -0.1) is 24.8 Å². The lowest BCUT2D eigenvalue weighted by atomic mass is 9.96. The summed E-state index contributed by atoms with van der Waals surface area (Å²) in [5.74, 6) is 0.296. The van der Waals surface area contributed by atoms with E-state index < -0.39 is 0 Å². The van der Waals surface area contributed by atoms with Crippen molar-refractivity contribution < 1.29 is 4.79 Å². The van der Waals surface area contributed by atoms with Crippen LogP contribution < -0.4 is 10.6 Å². The fourth-order valence-electron chi connectivity index (χ4n) is 4.05. The topological polar surface area (TPSA) is 44.4 Å². The van der Waals surface area contributed by atoms with Gasteiger partial charge in [0.25, 0.3) is 0 Å². The largest absolute Gasteiger partial charge is 0.352 e. The third-order valence-electron chi connectivity index (χ3n) is 5.49. The highest BCUT2D eigenvalue weighted by molar-refractivity contribution is 5.85. The predicted octanol–water partition coefficient (Wildman–Crippen LogP) is 3.66. The summed E-state index contributed by atoms with van der Waals surface area (Å²) >= 11 is 0. The monoisotopic (exact) mass is 421 g/mol. The fraction of sp³-hybridized carbons (Fsp3) is 0.409. The quantitative estimate of drug-likeness (QED) is 0.773. The molecule has 0 radical (unpaired) electrons. The summed E-state index contributed by atoms with van der Waals surface area (Å²) in [6, 6.07) is 17.1. The minimum Gasteiger partial charge on any atom is -0.352 e. The first-order valence-corrected chi connectivity index (χ1v) is 9.63. The standard InChI is InChI=1S/C22H27N3O.2ClH/c26-22(24-12-18-8-9-19-13-23-14-21(19)11-18)20-7-4-10-25(16-20)15-17-5-2-1-3-6-17;;/h1-3,5-6,8-9,11,20,23H,4,7,10,12-16H2,(H,24,26);2*1H. The Bertz CT molecular complexity index is 770. The molecule has 2 N–H and O–H groups in total. The highest BCUT2D eigenvalue weighted by Gasteiger charge is 2.25. The molecule has 2 aromatic rings. The highest BCUT2D eigenvalue weighted by Crippen LogP contribution is 2.20. The Labute approximate surface area is 179 Å². The predicted molar refractivity (Wildman–Crippen MR) is 118 cm³/mol. The van der Waals surface area contributed by atoms with Crippen molar-refractivity contribution in [3.05, 3.63) is 70.8 Å². The molecule has 2 aromatic carbocycles. The average molecular weight is 422 g/mol. The Hall–Kier alpha value is -1.59. The third-order valence-corrected chi connectivity index (χ3v) is 5.49. The molecule has 1 atom stereocenters. The molecule has 0 saturated carbocycles. The number of likely N-dealkylation sites (tertiary alicyclic amines) is 1. The molecule has 152 valence electrons. The molecule has 0 aromatic heterocycles. The number of hydrogen-bond donors (Lipinski definition) is 2. The summed E-state index contributed by atoms with van der Waals surface area (Å²) in [6.07, 6.45) is 2.08. The zero-order valence-electron chi connectivity index (χ0n) is 16.0. The lowest BCUT2D eigenvalue weighted by Crippen LogP contribution is -2.42. The number of nitrogens with zero attached hydrogens (tertiary/aromatic N) is 1. The summed E-state index contributed by atoms with van der Waals surface area (Å²) < 4.78 is 0. The van der Waals surface area contributed by atoms with E-state index in [0.717, 1.165) is 45.6 Å². The number of nitrogens with one attached hydrogen (secondary N) is 2. The van der Waals surface area contributed by atoms with E-state index in [1.165, 1.54) is 22.3 Å². The average Bonchev–Trinajstić information content (AvgIpc) is 3.15. The molecule has 1 amide bonds. The van der Waals surface area contributed by atoms with Crippen LogP contribution in [0.1, 0.15) is 35.1 Å². The molecular formula is C22H29Cl2N3O. The van der Waals surface area contributed by atoms with E-state index in [9.17, 15) is 4.79 Å². The molecule has 1 fully saturated rings. The van der Waals surface area contributed by atoms with Crippen molar-refractivity contribution in [2.75, 3.05) is 13.1 Å². The Kier molecular flexibility index (Phi) is 8.77. The number of carbonyl (C=O) groups excluding carboxylic acids is 1. The smallest absolute Gasteiger partial charge is 0.224 e. The molecular weight excluding hydrogens is 393 g/mol. The van der Waals surface area contributed by atoms with Gasteiger partial charge >= 0.3 is 0 Å². The molecule has 0 aliphatic carbocycles. The number of carbonyl (C=O) groups is 1. The van der Waals surface area contributed by atoms with Crippen LogP contribution in [0.3, 0.4) is 0 Å². The molecule has 4 nitrogen and oxygen atoms in total. The molecule has 2 aliphatic heterocycles. The van der Waals surface area contributed by atoms with E-state index in [4.69, 9.17) is 0 Å². The van der Waals surface area contributed by atoms with Crippen molar-refractivity contribution in [2.24, 2.45) is 5.92 Å². The Morgan fingerprint density at radius 1 is 1.04 bits per heavy atom. The summed E-state index contributed by atoms with van der Waals surface area (Å²) in [5.41, 5.74) is 5.26. The number of hydrogen-bond acceptors (Lipinski definition) is 3. The van der Waals surface area contributed by atoms with Gasteiger partial charge in [0.15, 0.2) is 0 Å². The van der Waals surface area contributed by atoms with Crippen molar-refractivity contribution in [2.45, 2.75) is 39.0 Å². The number of halogens is 2. The van der Waals surface area contributed by atoms with E-state index >= 15 is 0 Å². The van der Waals surface area contributed by atoms with Gasteiger partial charge in [-0.25, -0.2) is 0 Å². The first-order valence-electron chi connectivity index (χ1n) is 9.63. The minimum absolute atomic E-state index is 0. The van der Waals surface area contributed by atoms with Gasteiger partial charge in [0.2, 0.25) is 5.91 Å². The second-order valence-electron chi connectivity index (χ2n) is 7.48. The number of benzene rings is 2. The Morgan fingerprint density at radius 2 is 1.82 bits per heavy atom. The van der Waals surface area contributed by atoms with Gasteiger partial charge in [0, 0.05) is 32.7 Å². The normalized spacial score (nSPS) is 18.5. The van der Waals surface area contributed by atoms with Gasteiger partial charge in [-0.05, 0) is 41.6 Å². The lowest BCUT2D eigenvalue weighted by Gasteiger charge is -2.32. The number of fused-ring (bicyclic) bond motifs is 1. The van der Waals surface area contributed by atoms with E-state index in [-0.39, 0.29) is 36.6 Å². The van der Waals surface area contributed by atoms with Crippen molar-refractivity contribution >= 4 is 30.7 Å². The molecule has 0 bridgehead atoms. The van der Waals surface area contributed by atoms with Gasteiger partial charge in [-0.2, -0.15) is 0 Å². The van der Waals surface area contributed by atoms with Crippen LogP contribution in [-0.2, 0) is 31.0 Å². The van der Waals surface area contributed by atoms with Gasteiger partial charge in [0.1, 0.15) is 0 Å². The maximum atomic E-state index is 12.7. The van der Waals surface area contributed by atoms with Gasteiger partial charge < -0.3 is 10.6 Å². The first kappa shape index (κ1) is 22.7. The summed E-state index contributed by atoms with van der Waals surface area (Å²) in [6.45, 7) is 5.39. The highest BCUT2D eigenvalue weighted by atomic mass is 35.5. The van der Waals surface area contributed by atoms with Crippen LogP contribution in [-0.4, -0.2) is 23.9 Å². The molecule has 4 rings (SSSR count). The maximum Gasteiger partial charge on any atom is 0.224 e. The summed E-state index contributed by atoms with van der Waals surface area (Å²) in [5, 5.41) is 6.52. The second kappa shape index (κ2) is 10.8. The van der Waals surface area contributed by atoms with E-state index in [2.05, 4.69) is 58.0 Å². The SMILES string of the molecule is Cl.Cl.O=C(NCc1ccc2c(c1)CNC2)C1CCCN(Cc2ccccc2)C1. The van der Waals surface area contributed by atoms with Crippen molar-refractivity contribution in [3.8, 4) is 0 Å². The Balaban J connectivity index is 0.00000140. The second-order valence-corrected chi connectivity index (χ2v) is 7.48.